The molecule has 2 bridgehead atoms. The Labute approximate surface area is 117 Å². The summed E-state index contributed by atoms with van der Waals surface area (Å²) in [5.74, 6) is 0.473. The van der Waals surface area contributed by atoms with E-state index < -0.39 is 0 Å². The maximum Gasteiger partial charge on any atom is 0.189 e. The summed E-state index contributed by atoms with van der Waals surface area (Å²) in [5.41, 5.74) is 3.19. The minimum atomic E-state index is 0.105. The van der Waals surface area contributed by atoms with Crippen LogP contribution in [-0.4, -0.2) is 29.2 Å². The number of H-pyrrole nitrogens is 1. The number of benzene rings is 1. The van der Waals surface area contributed by atoms with E-state index in [1.54, 1.807) is 6.07 Å². The van der Waals surface area contributed by atoms with Gasteiger partial charge >= 0.3 is 0 Å². The predicted octanol–water partition coefficient (Wildman–Crippen LogP) is 2.33. The monoisotopic (exact) mass is 270 g/mol. The van der Waals surface area contributed by atoms with Crippen molar-refractivity contribution < 1.29 is 4.84 Å². The molecule has 0 saturated carbocycles. The van der Waals surface area contributed by atoms with E-state index in [4.69, 9.17) is 4.84 Å². The van der Waals surface area contributed by atoms with Crippen molar-refractivity contribution in [1.29, 1.82) is 0 Å². The minimum absolute atomic E-state index is 0.105. The second kappa shape index (κ2) is 4.43. The molecule has 4 rings (SSSR count). The molecule has 1 aromatic heterocycles. The fourth-order valence-corrected chi connectivity index (χ4v) is 3.43. The Morgan fingerprint density at radius 3 is 3.10 bits per heavy atom. The zero-order valence-corrected chi connectivity index (χ0v) is 11.6. The molecular weight excluding hydrogens is 252 g/mol. The normalized spacial score (nSPS) is 28.9. The number of hydrogen-bond donors (Lipinski definition) is 1. The molecule has 2 aliphatic heterocycles. The molecule has 2 aromatic rings. The molecule has 3 atom stereocenters. The molecule has 0 aliphatic carbocycles. The SMILES string of the molecule is Cc1cc(=O)c2cc(C3C[C@@H]4CCN(C3)O4)ccc2[nH]1. The van der Waals surface area contributed by atoms with Crippen LogP contribution in [0.1, 0.15) is 30.0 Å². The lowest BCUT2D eigenvalue weighted by atomic mass is 9.91. The van der Waals surface area contributed by atoms with Crippen LogP contribution in [0.15, 0.2) is 29.1 Å². The summed E-state index contributed by atoms with van der Waals surface area (Å²) in [6, 6.07) is 7.91. The molecule has 0 spiro atoms. The summed E-state index contributed by atoms with van der Waals surface area (Å²) in [5, 5.41) is 2.87. The first-order valence-corrected chi connectivity index (χ1v) is 7.24. The first-order valence-electron chi connectivity index (χ1n) is 7.24. The summed E-state index contributed by atoms with van der Waals surface area (Å²) < 4.78 is 0. The van der Waals surface area contributed by atoms with Crippen LogP contribution >= 0.6 is 0 Å². The number of aryl methyl sites for hydroxylation is 1. The zero-order valence-electron chi connectivity index (χ0n) is 11.6. The van der Waals surface area contributed by atoms with Crippen molar-refractivity contribution in [1.82, 2.24) is 10.0 Å². The number of nitrogens with zero attached hydrogens (tertiary/aromatic N) is 1. The van der Waals surface area contributed by atoms with Crippen LogP contribution in [0.5, 0.6) is 0 Å². The Bertz CT molecular complexity index is 710. The van der Waals surface area contributed by atoms with Crippen LogP contribution in [0.2, 0.25) is 0 Å². The third kappa shape index (κ3) is 1.96. The number of aromatic amines is 1. The second-order valence-corrected chi connectivity index (χ2v) is 5.96. The van der Waals surface area contributed by atoms with Gasteiger partial charge in [0.15, 0.2) is 5.43 Å². The molecule has 1 N–H and O–H groups in total. The summed E-state index contributed by atoms with van der Waals surface area (Å²) in [4.78, 5) is 21.1. The highest BCUT2D eigenvalue weighted by Gasteiger charge is 2.34. The van der Waals surface area contributed by atoms with Crippen molar-refractivity contribution in [3.05, 3.63) is 45.7 Å². The van der Waals surface area contributed by atoms with E-state index in [0.717, 1.165) is 42.5 Å². The summed E-state index contributed by atoms with van der Waals surface area (Å²) in [6.07, 6.45) is 2.55. The van der Waals surface area contributed by atoms with Gasteiger partial charge in [0.2, 0.25) is 0 Å². The van der Waals surface area contributed by atoms with Gasteiger partial charge in [0.1, 0.15) is 0 Å². The van der Waals surface area contributed by atoms with Crippen molar-refractivity contribution >= 4 is 10.9 Å². The lowest BCUT2D eigenvalue weighted by molar-refractivity contribution is -0.175. The third-order valence-corrected chi connectivity index (χ3v) is 4.43. The van der Waals surface area contributed by atoms with Crippen molar-refractivity contribution in [2.45, 2.75) is 31.8 Å². The Morgan fingerprint density at radius 2 is 2.25 bits per heavy atom. The lowest BCUT2D eigenvalue weighted by Gasteiger charge is -2.30. The highest BCUT2D eigenvalue weighted by atomic mass is 16.7. The van der Waals surface area contributed by atoms with E-state index in [1.807, 2.05) is 13.0 Å². The molecule has 4 nitrogen and oxygen atoms in total. The van der Waals surface area contributed by atoms with Crippen LogP contribution in [0.25, 0.3) is 10.9 Å². The highest BCUT2D eigenvalue weighted by molar-refractivity contribution is 5.79. The Kier molecular flexibility index (Phi) is 2.69. The van der Waals surface area contributed by atoms with Gasteiger partial charge in [-0.1, -0.05) is 6.07 Å². The van der Waals surface area contributed by atoms with E-state index in [-0.39, 0.29) is 5.43 Å². The van der Waals surface area contributed by atoms with E-state index in [2.05, 4.69) is 22.2 Å². The van der Waals surface area contributed by atoms with Gasteiger partial charge in [0, 0.05) is 41.7 Å². The zero-order chi connectivity index (χ0) is 13.7. The van der Waals surface area contributed by atoms with Crippen LogP contribution < -0.4 is 5.43 Å². The predicted molar refractivity (Wildman–Crippen MR) is 77.7 cm³/mol. The highest BCUT2D eigenvalue weighted by Crippen LogP contribution is 2.34. The maximum atomic E-state index is 12.1. The van der Waals surface area contributed by atoms with Gasteiger partial charge < -0.3 is 4.98 Å². The largest absolute Gasteiger partial charge is 0.358 e. The number of aromatic nitrogens is 1. The van der Waals surface area contributed by atoms with Gasteiger partial charge in [-0.2, -0.15) is 5.06 Å². The summed E-state index contributed by atoms with van der Waals surface area (Å²) in [6.45, 7) is 3.89. The fraction of sp³-hybridized carbons (Fsp3) is 0.438. The topological polar surface area (TPSA) is 45.3 Å². The quantitative estimate of drug-likeness (QED) is 0.865. The first kappa shape index (κ1) is 12.1. The third-order valence-electron chi connectivity index (χ3n) is 4.43. The van der Waals surface area contributed by atoms with Crippen LogP contribution in [-0.2, 0) is 4.84 Å². The van der Waals surface area contributed by atoms with Crippen molar-refractivity contribution in [2.24, 2.45) is 0 Å². The second-order valence-electron chi connectivity index (χ2n) is 5.96. The number of hydrogen-bond acceptors (Lipinski definition) is 3. The first-order chi connectivity index (χ1) is 9.69. The Hall–Kier alpha value is -1.65. The van der Waals surface area contributed by atoms with Crippen LogP contribution in [0, 0.1) is 6.92 Å². The average molecular weight is 270 g/mol. The molecular formula is C16H18N2O2. The lowest BCUT2D eigenvalue weighted by Crippen LogP contribution is -2.32. The average Bonchev–Trinajstić information content (AvgIpc) is 2.77. The van der Waals surface area contributed by atoms with Gasteiger partial charge in [-0.25, -0.2) is 0 Å². The molecule has 3 heterocycles. The van der Waals surface area contributed by atoms with E-state index in [0.29, 0.717) is 12.0 Å². The van der Waals surface area contributed by atoms with E-state index in [9.17, 15) is 4.79 Å². The molecule has 2 saturated heterocycles. The molecule has 4 heteroatoms. The van der Waals surface area contributed by atoms with Crippen molar-refractivity contribution in [3.63, 3.8) is 0 Å². The molecule has 2 aliphatic rings. The molecule has 0 amide bonds. The van der Waals surface area contributed by atoms with Gasteiger partial charge in [0.25, 0.3) is 0 Å². The number of nitrogens with one attached hydrogen (secondary N) is 1. The van der Waals surface area contributed by atoms with Crippen LogP contribution in [0.3, 0.4) is 0 Å². The number of pyridine rings is 1. The van der Waals surface area contributed by atoms with Gasteiger partial charge in [0.05, 0.1) is 6.10 Å². The fourth-order valence-electron chi connectivity index (χ4n) is 3.43. The van der Waals surface area contributed by atoms with E-state index in [1.165, 1.54) is 5.56 Å². The van der Waals surface area contributed by atoms with Crippen molar-refractivity contribution in [3.8, 4) is 0 Å². The maximum absolute atomic E-state index is 12.1. The molecule has 1 aromatic carbocycles. The Morgan fingerprint density at radius 1 is 1.35 bits per heavy atom. The van der Waals surface area contributed by atoms with Gasteiger partial charge in [-0.15, -0.1) is 0 Å². The number of fused-ring (bicyclic) bond motifs is 3. The summed E-state index contributed by atoms with van der Waals surface area (Å²) >= 11 is 0. The minimum Gasteiger partial charge on any atom is -0.358 e. The smallest absolute Gasteiger partial charge is 0.189 e. The van der Waals surface area contributed by atoms with Crippen LogP contribution in [0.4, 0.5) is 0 Å². The van der Waals surface area contributed by atoms with Gasteiger partial charge in [-0.05, 0) is 37.5 Å². The number of rotatable bonds is 1. The van der Waals surface area contributed by atoms with E-state index >= 15 is 0 Å². The summed E-state index contributed by atoms with van der Waals surface area (Å²) in [7, 11) is 0. The molecule has 20 heavy (non-hydrogen) atoms. The Balaban J connectivity index is 1.76. The van der Waals surface area contributed by atoms with Crippen molar-refractivity contribution in [2.75, 3.05) is 13.1 Å². The molecule has 2 unspecified atom stereocenters. The standard InChI is InChI=1S/C16H18N2O2/c1-10-6-16(19)14-8-11(2-3-15(14)17-10)12-7-13-4-5-18(9-12)20-13/h2-3,6,8,12-13H,4-5,7,9H2,1H3,(H,17,19)/t12?,13-/m0/s1. The van der Waals surface area contributed by atoms with Gasteiger partial charge in [-0.3, -0.25) is 9.63 Å². The molecule has 2 fully saturated rings. The molecule has 0 radical (unpaired) electrons. The molecule has 104 valence electrons. The number of hydroxylamine groups is 2.